The largest absolute Gasteiger partial charge is 0.356 e. The van der Waals surface area contributed by atoms with Crippen LogP contribution in [0.1, 0.15) is 35.7 Å². The van der Waals surface area contributed by atoms with E-state index in [2.05, 4.69) is 0 Å². The number of hydrogen-bond acceptors (Lipinski definition) is 1. The Kier molecular flexibility index (Phi) is 4.44. The van der Waals surface area contributed by atoms with Crippen molar-refractivity contribution in [2.24, 2.45) is 0 Å². The van der Waals surface area contributed by atoms with Crippen molar-refractivity contribution in [2.75, 3.05) is 0 Å². The predicted octanol–water partition coefficient (Wildman–Crippen LogP) is 3.09. The molecule has 0 aromatic heterocycles. The fraction of sp³-hybridized carbons (Fsp3) is 0.400. The van der Waals surface area contributed by atoms with E-state index in [-0.39, 0.29) is 10.7 Å². The van der Waals surface area contributed by atoms with E-state index >= 15 is 0 Å². The minimum Gasteiger partial charge on any atom is -0.321 e. The Bertz CT molecular complexity index is 426. The summed E-state index contributed by atoms with van der Waals surface area (Å²) in [6, 6.07) is 4.69. The molecule has 2 atom stereocenters. The van der Waals surface area contributed by atoms with Crippen LogP contribution in [-0.4, -0.2) is 9.79 Å². The molecule has 1 aromatic carbocycles. The molecule has 0 radical (unpaired) electrons. The molecule has 2 N–H and O–H groups in total. The molecule has 2 unspecified atom stereocenters. The summed E-state index contributed by atoms with van der Waals surface area (Å²) >= 11 is 11.9. The van der Waals surface area contributed by atoms with Crippen LogP contribution in [0.25, 0.3) is 0 Å². The highest BCUT2D eigenvalue weighted by atomic mass is 35.5. The van der Waals surface area contributed by atoms with Gasteiger partial charge in [-0.1, -0.05) is 12.1 Å². The minimum atomic E-state index is -4.32. The van der Waals surface area contributed by atoms with Crippen LogP contribution in [0.3, 0.4) is 0 Å². The summed E-state index contributed by atoms with van der Waals surface area (Å²) < 4.78 is 11.3. The summed E-state index contributed by atoms with van der Waals surface area (Å²) in [7, 11) is -4.32. The quantitative estimate of drug-likeness (QED) is 0.662. The first-order valence-corrected chi connectivity index (χ1v) is 7.20. The van der Waals surface area contributed by atoms with Crippen LogP contribution >= 0.6 is 30.8 Å². The predicted molar refractivity (Wildman–Crippen MR) is 66.7 cm³/mol. The molecule has 0 spiro atoms. The zero-order chi connectivity index (χ0) is 12.5. The van der Waals surface area contributed by atoms with Crippen molar-refractivity contribution in [3.8, 4) is 0 Å². The summed E-state index contributed by atoms with van der Waals surface area (Å²) in [5.74, 6) is 0. The van der Waals surface area contributed by atoms with Gasteiger partial charge in [0.2, 0.25) is 0 Å². The molecule has 0 fully saturated rings. The summed E-state index contributed by atoms with van der Waals surface area (Å²) in [5.41, 5.74) is 1.09. The third-order valence-corrected chi connectivity index (χ3v) is 3.73. The number of halogens is 2. The fourth-order valence-corrected chi connectivity index (χ4v) is 3.03. The van der Waals surface area contributed by atoms with Crippen molar-refractivity contribution < 1.29 is 14.4 Å². The molecule has 1 rings (SSSR count). The van der Waals surface area contributed by atoms with Gasteiger partial charge in [-0.2, -0.15) is 0 Å². The molecule has 0 bridgehead atoms. The van der Waals surface area contributed by atoms with E-state index in [4.69, 9.17) is 23.2 Å². The maximum Gasteiger partial charge on any atom is 0.356 e. The van der Waals surface area contributed by atoms with Gasteiger partial charge in [0, 0.05) is 0 Å². The maximum absolute atomic E-state index is 11.3. The van der Waals surface area contributed by atoms with Crippen LogP contribution in [0.5, 0.6) is 0 Å². The lowest BCUT2D eigenvalue weighted by Gasteiger charge is -2.18. The SMILES string of the molecule is CC(Cl)c1cccc(P(=O)(O)O)c1C(C)Cl. The van der Waals surface area contributed by atoms with Crippen LogP contribution in [0.4, 0.5) is 0 Å². The Morgan fingerprint density at radius 1 is 1.19 bits per heavy atom. The van der Waals surface area contributed by atoms with Crippen molar-refractivity contribution >= 4 is 36.1 Å². The first-order valence-electron chi connectivity index (χ1n) is 4.72. The minimum absolute atomic E-state index is 0.0417. The topological polar surface area (TPSA) is 57.5 Å². The first-order chi connectivity index (χ1) is 7.25. The molecule has 0 aliphatic heterocycles. The van der Waals surface area contributed by atoms with E-state index in [1.807, 2.05) is 0 Å². The molecule has 0 saturated carbocycles. The number of alkyl halides is 2. The van der Waals surface area contributed by atoms with Gasteiger partial charge in [0.25, 0.3) is 0 Å². The zero-order valence-corrected chi connectivity index (χ0v) is 11.3. The second kappa shape index (κ2) is 5.07. The number of hydrogen-bond donors (Lipinski definition) is 2. The van der Waals surface area contributed by atoms with E-state index in [1.54, 1.807) is 26.0 Å². The van der Waals surface area contributed by atoms with Crippen molar-refractivity contribution in [3.05, 3.63) is 29.3 Å². The lowest BCUT2D eigenvalue weighted by molar-refractivity contribution is 0.387. The fourth-order valence-electron chi connectivity index (χ4n) is 1.60. The molecule has 0 aliphatic carbocycles. The van der Waals surface area contributed by atoms with Gasteiger partial charge in [-0.25, -0.2) is 0 Å². The molecule has 16 heavy (non-hydrogen) atoms. The number of benzene rings is 1. The lowest BCUT2D eigenvalue weighted by atomic mass is 10.0. The van der Waals surface area contributed by atoms with Gasteiger partial charge < -0.3 is 9.79 Å². The Morgan fingerprint density at radius 3 is 2.12 bits per heavy atom. The van der Waals surface area contributed by atoms with E-state index in [9.17, 15) is 14.4 Å². The van der Waals surface area contributed by atoms with E-state index < -0.39 is 13.0 Å². The van der Waals surface area contributed by atoms with Gasteiger partial charge >= 0.3 is 7.60 Å². The Hall–Kier alpha value is -0.0500. The van der Waals surface area contributed by atoms with E-state index in [0.29, 0.717) is 11.1 Å². The monoisotopic (exact) mass is 282 g/mol. The van der Waals surface area contributed by atoms with Gasteiger partial charge in [-0.15, -0.1) is 23.2 Å². The third kappa shape index (κ3) is 2.99. The van der Waals surface area contributed by atoms with Crippen LogP contribution in [0, 0.1) is 0 Å². The van der Waals surface area contributed by atoms with Crippen LogP contribution < -0.4 is 5.30 Å². The molecule has 90 valence electrons. The standard InChI is InChI=1S/C10H13Cl2O3P/c1-6(11)8-4-3-5-9(16(13,14)15)10(8)7(2)12/h3-7H,1-2H3,(H2,13,14,15). The van der Waals surface area contributed by atoms with E-state index in [1.165, 1.54) is 6.07 Å². The summed E-state index contributed by atoms with van der Waals surface area (Å²) in [5, 5.41) is -0.886. The summed E-state index contributed by atoms with van der Waals surface area (Å²) in [6.07, 6.45) is 0. The van der Waals surface area contributed by atoms with Crippen LogP contribution in [-0.2, 0) is 4.57 Å². The van der Waals surface area contributed by atoms with Crippen molar-refractivity contribution in [2.45, 2.75) is 24.6 Å². The Balaban J connectivity index is 3.52. The average Bonchev–Trinajstić information content (AvgIpc) is 2.14. The summed E-state index contributed by atoms with van der Waals surface area (Å²) in [4.78, 5) is 18.5. The molecule has 0 aliphatic rings. The van der Waals surface area contributed by atoms with Crippen LogP contribution in [0.2, 0.25) is 0 Å². The zero-order valence-electron chi connectivity index (χ0n) is 8.89. The highest BCUT2D eigenvalue weighted by Gasteiger charge is 2.26. The molecule has 1 aromatic rings. The van der Waals surface area contributed by atoms with Gasteiger partial charge in [0.05, 0.1) is 16.1 Å². The normalized spacial score (nSPS) is 15.9. The third-order valence-electron chi connectivity index (χ3n) is 2.26. The smallest absolute Gasteiger partial charge is 0.321 e. The van der Waals surface area contributed by atoms with Gasteiger partial charge in [0.1, 0.15) is 0 Å². The van der Waals surface area contributed by atoms with Gasteiger partial charge in [-0.05, 0) is 31.0 Å². The highest BCUT2D eigenvalue weighted by Crippen LogP contribution is 2.40. The second-order valence-electron chi connectivity index (χ2n) is 3.56. The molecule has 0 saturated heterocycles. The molecular weight excluding hydrogens is 270 g/mol. The number of rotatable bonds is 3. The maximum atomic E-state index is 11.3. The molecule has 6 heteroatoms. The Labute approximate surface area is 105 Å². The lowest BCUT2D eigenvalue weighted by Crippen LogP contribution is -2.14. The van der Waals surface area contributed by atoms with Crippen molar-refractivity contribution in [1.82, 2.24) is 0 Å². The molecule has 0 heterocycles. The molecular formula is C10H13Cl2O3P. The van der Waals surface area contributed by atoms with Gasteiger partial charge in [0.15, 0.2) is 0 Å². The van der Waals surface area contributed by atoms with Crippen LogP contribution in [0.15, 0.2) is 18.2 Å². The summed E-state index contributed by atoms with van der Waals surface area (Å²) in [6.45, 7) is 3.40. The first kappa shape index (κ1) is 14.0. The van der Waals surface area contributed by atoms with Gasteiger partial charge in [-0.3, -0.25) is 4.57 Å². The van der Waals surface area contributed by atoms with Crippen molar-refractivity contribution in [3.63, 3.8) is 0 Å². The average molecular weight is 283 g/mol. The second-order valence-corrected chi connectivity index (χ2v) is 6.44. The molecule has 0 amide bonds. The highest BCUT2D eigenvalue weighted by molar-refractivity contribution is 7.60. The van der Waals surface area contributed by atoms with Crippen molar-refractivity contribution in [1.29, 1.82) is 0 Å². The molecule has 3 nitrogen and oxygen atoms in total. The van der Waals surface area contributed by atoms with E-state index in [0.717, 1.165) is 0 Å². The Morgan fingerprint density at radius 2 is 1.75 bits per heavy atom.